The number of aryl methyl sites for hydroxylation is 2. The van der Waals surface area contributed by atoms with Gasteiger partial charge >= 0.3 is 0 Å². The summed E-state index contributed by atoms with van der Waals surface area (Å²) < 4.78 is 14.2. The minimum Gasteiger partial charge on any atom is -0.356 e. The van der Waals surface area contributed by atoms with Crippen molar-refractivity contribution in [1.29, 1.82) is 0 Å². The topological polar surface area (TPSA) is 74.0 Å². The Morgan fingerprint density at radius 3 is 2.44 bits per heavy atom. The van der Waals surface area contributed by atoms with Crippen LogP contribution in [0.2, 0.25) is 0 Å². The maximum atomic E-state index is 14.2. The molecule has 1 heterocycles. The zero-order chi connectivity index (χ0) is 24.2. The molecule has 0 fully saturated rings. The molecule has 4 rings (SSSR count). The molecule has 0 saturated carbocycles. The highest BCUT2D eigenvalue weighted by molar-refractivity contribution is 5.95. The predicted octanol–water partition coefficient (Wildman–Crippen LogP) is 5.20. The molecule has 3 N–H and O–H groups in total. The van der Waals surface area contributed by atoms with E-state index in [1.807, 2.05) is 62.4 Å². The second-order valence-electron chi connectivity index (χ2n) is 8.54. The number of carbonyl (C=O) groups excluding carboxylic acids is 2. The van der Waals surface area contributed by atoms with Gasteiger partial charge in [0.15, 0.2) is 0 Å². The first-order valence-electron chi connectivity index (χ1n) is 11.3. The SMILES string of the molecule is CC(=O)NCc1cccc(-c2ccc(C(=O)NCCc3c(C)[nH]c4c(F)ccc(C)c34)cc2)c1. The number of amides is 2. The lowest BCUT2D eigenvalue weighted by atomic mass is 10.0. The summed E-state index contributed by atoms with van der Waals surface area (Å²) in [4.78, 5) is 27.0. The quantitative estimate of drug-likeness (QED) is 0.357. The van der Waals surface area contributed by atoms with Gasteiger partial charge in [-0.25, -0.2) is 4.39 Å². The van der Waals surface area contributed by atoms with E-state index >= 15 is 0 Å². The van der Waals surface area contributed by atoms with Crippen molar-refractivity contribution in [2.45, 2.75) is 33.7 Å². The first-order chi connectivity index (χ1) is 16.3. The number of benzene rings is 3. The molecule has 0 aliphatic heterocycles. The first-order valence-corrected chi connectivity index (χ1v) is 11.3. The van der Waals surface area contributed by atoms with E-state index in [0.29, 0.717) is 30.6 Å². The lowest BCUT2D eigenvalue weighted by Gasteiger charge is -2.09. The molecule has 0 bridgehead atoms. The van der Waals surface area contributed by atoms with Crippen molar-refractivity contribution in [3.63, 3.8) is 0 Å². The highest BCUT2D eigenvalue weighted by atomic mass is 19.1. The van der Waals surface area contributed by atoms with Crippen LogP contribution in [0.5, 0.6) is 0 Å². The summed E-state index contributed by atoms with van der Waals surface area (Å²) >= 11 is 0. The first kappa shape index (κ1) is 23.2. The molecular formula is C28H28FN3O2. The fourth-order valence-corrected chi connectivity index (χ4v) is 4.26. The second-order valence-corrected chi connectivity index (χ2v) is 8.54. The Kier molecular flexibility index (Phi) is 6.77. The smallest absolute Gasteiger partial charge is 0.251 e. The van der Waals surface area contributed by atoms with Crippen molar-refractivity contribution in [3.8, 4) is 11.1 Å². The molecule has 0 spiro atoms. The summed E-state index contributed by atoms with van der Waals surface area (Å²) in [5.41, 5.74) is 7.09. The van der Waals surface area contributed by atoms with Gasteiger partial charge in [0, 0.05) is 36.7 Å². The number of aromatic amines is 1. The van der Waals surface area contributed by atoms with Crippen molar-refractivity contribution in [2.24, 2.45) is 0 Å². The van der Waals surface area contributed by atoms with Crippen molar-refractivity contribution in [3.05, 3.63) is 94.4 Å². The lowest BCUT2D eigenvalue weighted by molar-refractivity contribution is -0.119. The van der Waals surface area contributed by atoms with E-state index in [1.165, 1.54) is 13.0 Å². The van der Waals surface area contributed by atoms with Gasteiger partial charge in [0.25, 0.3) is 5.91 Å². The summed E-state index contributed by atoms with van der Waals surface area (Å²) in [5.74, 6) is -0.478. The number of aromatic nitrogens is 1. The average molecular weight is 458 g/mol. The maximum absolute atomic E-state index is 14.2. The number of rotatable bonds is 7. The molecule has 2 amide bonds. The van der Waals surface area contributed by atoms with Crippen molar-refractivity contribution < 1.29 is 14.0 Å². The number of nitrogens with one attached hydrogen (secondary N) is 3. The van der Waals surface area contributed by atoms with E-state index in [-0.39, 0.29) is 17.6 Å². The van der Waals surface area contributed by atoms with Gasteiger partial charge < -0.3 is 15.6 Å². The Morgan fingerprint density at radius 1 is 0.941 bits per heavy atom. The van der Waals surface area contributed by atoms with Gasteiger partial charge in [0.1, 0.15) is 5.82 Å². The fourth-order valence-electron chi connectivity index (χ4n) is 4.26. The molecule has 174 valence electrons. The zero-order valence-corrected chi connectivity index (χ0v) is 19.6. The van der Waals surface area contributed by atoms with Crippen LogP contribution in [-0.2, 0) is 17.8 Å². The van der Waals surface area contributed by atoms with Gasteiger partial charge in [0.2, 0.25) is 5.91 Å². The number of hydrogen-bond acceptors (Lipinski definition) is 2. The third-order valence-electron chi connectivity index (χ3n) is 6.04. The van der Waals surface area contributed by atoms with Crippen molar-refractivity contribution in [2.75, 3.05) is 6.54 Å². The van der Waals surface area contributed by atoms with Crippen molar-refractivity contribution >= 4 is 22.7 Å². The summed E-state index contributed by atoms with van der Waals surface area (Å²) in [6.45, 7) is 6.32. The van der Waals surface area contributed by atoms with Gasteiger partial charge in [-0.2, -0.15) is 0 Å². The Hall–Kier alpha value is -3.93. The number of halogens is 1. The molecule has 4 aromatic rings. The van der Waals surface area contributed by atoms with Crippen molar-refractivity contribution in [1.82, 2.24) is 15.6 Å². The highest BCUT2D eigenvalue weighted by Gasteiger charge is 2.14. The number of H-pyrrole nitrogens is 1. The Bertz CT molecular complexity index is 1360. The van der Waals surface area contributed by atoms with Gasteiger partial charge in [-0.1, -0.05) is 36.4 Å². The molecule has 34 heavy (non-hydrogen) atoms. The van der Waals surface area contributed by atoms with Crippen LogP contribution < -0.4 is 10.6 Å². The molecule has 0 radical (unpaired) electrons. The largest absolute Gasteiger partial charge is 0.356 e. The van der Waals surface area contributed by atoms with Gasteiger partial charge in [0.05, 0.1) is 5.52 Å². The minimum atomic E-state index is -0.264. The summed E-state index contributed by atoms with van der Waals surface area (Å²) in [6.07, 6.45) is 0.612. The van der Waals surface area contributed by atoms with E-state index < -0.39 is 0 Å². The van der Waals surface area contributed by atoms with Gasteiger partial charge in [-0.15, -0.1) is 0 Å². The molecular weight excluding hydrogens is 429 g/mol. The molecule has 5 nitrogen and oxygen atoms in total. The second kappa shape index (κ2) is 9.91. The standard InChI is InChI=1S/C28H28FN3O2/c1-17-7-12-25(29)27-26(17)24(18(2)32-27)13-14-30-28(34)22-10-8-21(9-11-22)23-6-4-5-20(15-23)16-31-19(3)33/h4-12,15,32H,13-14,16H2,1-3H3,(H,30,34)(H,31,33). The fraction of sp³-hybridized carbons (Fsp3) is 0.214. The molecule has 0 aliphatic carbocycles. The predicted molar refractivity (Wildman–Crippen MR) is 133 cm³/mol. The number of fused-ring (bicyclic) bond motifs is 1. The van der Waals surface area contributed by atoms with E-state index in [9.17, 15) is 14.0 Å². The van der Waals surface area contributed by atoms with Crippen LogP contribution in [0.1, 0.15) is 39.7 Å². The molecule has 0 saturated heterocycles. The van der Waals surface area contributed by atoms with E-state index in [0.717, 1.165) is 38.9 Å². The summed E-state index contributed by atoms with van der Waals surface area (Å²) in [6, 6.07) is 18.7. The summed E-state index contributed by atoms with van der Waals surface area (Å²) in [7, 11) is 0. The molecule has 0 atom stereocenters. The molecule has 1 aromatic heterocycles. The molecule has 3 aromatic carbocycles. The zero-order valence-electron chi connectivity index (χ0n) is 19.6. The third kappa shape index (κ3) is 5.01. The van der Waals surface area contributed by atoms with Crippen LogP contribution in [0.15, 0.2) is 60.7 Å². The summed E-state index contributed by atoms with van der Waals surface area (Å²) in [5, 5.41) is 6.67. The van der Waals surface area contributed by atoms with Gasteiger partial charge in [-0.05, 0) is 72.4 Å². The van der Waals surface area contributed by atoms with Crippen LogP contribution in [0.25, 0.3) is 22.0 Å². The molecule has 0 aliphatic rings. The maximum Gasteiger partial charge on any atom is 0.251 e. The van der Waals surface area contributed by atoms with E-state index in [2.05, 4.69) is 15.6 Å². The Morgan fingerprint density at radius 2 is 1.71 bits per heavy atom. The third-order valence-corrected chi connectivity index (χ3v) is 6.04. The minimum absolute atomic E-state index is 0.0667. The Labute approximate surface area is 198 Å². The van der Waals surface area contributed by atoms with Gasteiger partial charge in [-0.3, -0.25) is 9.59 Å². The lowest BCUT2D eigenvalue weighted by Crippen LogP contribution is -2.25. The number of hydrogen-bond donors (Lipinski definition) is 3. The Balaban J connectivity index is 1.40. The van der Waals surface area contributed by atoms with Crippen LogP contribution >= 0.6 is 0 Å². The van der Waals surface area contributed by atoms with E-state index in [4.69, 9.17) is 0 Å². The number of carbonyl (C=O) groups is 2. The molecule has 0 unspecified atom stereocenters. The normalized spacial score (nSPS) is 10.9. The molecule has 6 heteroatoms. The monoisotopic (exact) mass is 457 g/mol. The highest BCUT2D eigenvalue weighted by Crippen LogP contribution is 2.28. The van der Waals surface area contributed by atoms with Crippen LogP contribution in [0.3, 0.4) is 0 Å². The van der Waals surface area contributed by atoms with Crippen LogP contribution in [-0.4, -0.2) is 23.3 Å². The van der Waals surface area contributed by atoms with E-state index in [1.54, 1.807) is 6.07 Å². The van der Waals surface area contributed by atoms with Crippen LogP contribution in [0, 0.1) is 19.7 Å². The van der Waals surface area contributed by atoms with Crippen LogP contribution in [0.4, 0.5) is 4.39 Å². The average Bonchev–Trinajstić information content (AvgIpc) is 3.17.